The maximum Gasteiger partial charge on any atom is 0.435 e. The number of hydrogen-bond donors (Lipinski definition) is 1. The van der Waals surface area contributed by atoms with Crippen LogP contribution in [0.15, 0.2) is 10.6 Å². The summed E-state index contributed by atoms with van der Waals surface area (Å²) in [6.07, 6.45) is -1.41. The van der Waals surface area contributed by atoms with Gasteiger partial charge in [-0.1, -0.05) is 12.1 Å². The molecule has 0 fully saturated rings. The number of nitrogens with zero attached hydrogens (tertiary/aromatic N) is 3. The summed E-state index contributed by atoms with van der Waals surface area (Å²) in [5, 5.41) is 10.2. The standard InChI is InChI=1S/C17H21F3N4O2/c1-10-4-5-13-12(8-10)15(23-26-13)16(25)21-6-3-7-24-11(2)9-14(22-24)17(18,19)20/h9-10H,3-8H2,1-2H3,(H,21,25). The Morgan fingerprint density at radius 3 is 2.92 bits per heavy atom. The number of hydrogen-bond acceptors (Lipinski definition) is 4. The molecule has 1 aliphatic carbocycles. The van der Waals surface area contributed by atoms with Crippen LogP contribution in [0, 0.1) is 12.8 Å². The van der Waals surface area contributed by atoms with Crippen molar-refractivity contribution in [1.29, 1.82) is 0 Å². The molecular weight excluding hydrogens is 349 g/mol. The average molecular weight is 370 g/mol. The molecule has 9 heteroatoms. The fraction of sp³-hybridized carbons (Fsp3) is 0.588. The van der Waals surface area contributed by atoms with Gasteiger partial charge in [0.1, 0.15) is 5.76 Å². The zero-order chi connectivity index (χ0) is 18.9. The molecule has 1 atom stereocenters. The largest absolute Gasteiger partial charge is 0.435 e. The molecule has 2 aromatic heterocycles. The van der Waals surface area contributed by atoms with Gasteiger partial charge in [-0.3, -0.25) is 9.48 Å². The fourth-order valence-electron chi connectivity index (χ4n) is 3.15. The number of carbonyl (C=O) groups excluding carboxylic acids is 1. The van der Waals surface area contributed by atoms with Gasteiger partial charge in [0.25, 0.3) is 5.91 Å². The second-order valence-corrected chi connectivity index (χ2v) is 6.78. The van der Waals surface area contributed by atoms with Gasteiger partial charge in [-0.2, -0.15) is 18.3 Å². The van der Waals surface area contributed by atoms with Gasteiger partial charge in [0.05, 0.1) is 0 Å². The molecule has 142 valence electrons. The topological polar surface area (TPSA) is 73.0 Å². The van der Waals surface area contributed by atoms with Crippen LogP contribution in [0.2, 0.25) is 0 Å². The Labute approximate surface area is 148 Å². The normalized spacial score (nSPS) is 17.2. The van der Waals surface area contributed by atoms with Crippen molar-refractivity contribution in [3.05, 3.63) is 34.5 Å². The molecule has 2 heterocycles. The lowest BCUT2D eigenvalue weighted by atomic mass is 9.88. The molecular formula is C17H21F3N4O2. The third-order valence-electron chi connectivity index (χ3n) is 4.61. The van der Waals surface area contributed by atoms with Crippen LogP contribution in [0.4, 0.5) is 13.2 Å². The van der Waals surface area contributed by atoms with E-state index in [1.54, 1.807) is 6.92 Å². The Kier molecular flexibility index (Phi) is 5.06. The van der Waals surface area contributed by atoms with Crippen LogP contribution in [0.3, 0.4) is 0 Å². The molecule has 0 bridgehead atoms. The Hall–Kier alpha value is -2.32. The third kappa shape index (κ3) is 3.91. The summed E-state index contributed by atoms with van der Waals surface area (Å²) >= 11 is 0. The molecule has 0 saturated carbocycles. The lowest BCUT2D eigenvalue weighted by Gasteiger charge is -2.16. The Bertz CT molecular complexity index is 795. The van der Waals surface area contributed by atoms with E-state index in [0.717, 1.165) is 36.7 Å². The molecule has 2 aromatic rings. The number of halogens is 3. The van der Waals surface area contributed by atoms with Crippen LogP contribution < -0.4 is 5.32 Å². The molecule has 3 rings (SSSR count). The van der Waals surface area contributed by atoms with Gasteiger partial charge in [-0.05, 0) is 38.2 Å². The maximum atomic E-state index is 12.6. The smallest absolute Gasteiger partial charge is 0.360 e. The molecule has 0 aliphatic heterocycles. The van der Waals surface area contributed by atoms with E-state index in [2.05, 4.69) is 22.5 Å². The predicted octanol–water partition coefficient (Wildman–Crippen LogP) is 3.14. The Balaban J connectivity index is 1.52. The number of aromatic nitrogens is 3. The minimum Gasteiger partial charge on any atom is -0.360 e. The van der Waals surface area contributed by atoms with Gasteiger partial charge >= 0.3 is 6.18 Å². The van der Waals surface area contributed by atoms with Crippen LogP contribution in [-0.4, -0.2) is 27.4 Å². The Morgan fingerprint density at radius 1 is 1.46 bits per heavy atom. The van der Waals surface area contributed by atoms with E-state index < -0.39 is 11.9 Å². The minimum atomic E-state index is -4.45. The van der Waals surface area contributed by atoms with E-state index in [1.165, 1.54) is 4.68 Å². The molecule has 0 spiro atoms. The second-order valence-electron chi connectivity index (χ2n) is 6.78. The minimum absolute atomic E-state index is 0.288. The third-order valence-corrected chi connectivity index (χ3v) is 4.61. The molecule has 0 radical (unpaired) electrons. The van der Waals surface area contributed by atoms with Crippen molar-refractivity contribution in [2.75, 3.05) is 6.54 Å². The number of alkyl halides is 3. The fourth-order valence-corrected chi connectivity index (χ4v) is 3.15. The van der Waals surface area contributed by atoms with Crippen molar-refractivity contribution in [1.82, 2.24) is 20.3 Å². The summed E-state index contributed by atoms with van der Waals surface area (Å²) in [6, 6.07) is 1.02. The quantitative estimate of drug-likeness (QED) is 0.821. The van der Waals surface area contributed by atoms with Crippen molar-refractivity contribution in [3.8, 4) is 0 Å². The summed E-state index contributed by atoms with van der Waals surface area (Å²) < 4.78 is 44.5. The summed E-state index contributed by atoms with van der Waals surface area (Å²) in [4.78, 5) is 12.3. The number of carbonyl (C=O) groups is 1. The van der Waals surface area contributed by atoms with Crippen LogP contribution >= 0.6 is 0 Å². The van der Waals surface area contributed by atoms with Crippen molar-refractivity contribution in [2.24, 2.45) is 5.92 Å². The van der Waals surface area contributed by atoms with Crippen molar-refractivity contribution < 1.29 is 22.5 Å². The van der Waals surface area contributed by atoms with E-state index in [-0.39, 0.29) is 12.5 Å². The van der Waals surface area contributed by atoms with Gasteiger partial charge in [0, 0.05) is 30.8 Å². The highest BCUT2D eigenvalue weighted by atomic mass is 19.4. The first kappa shape index (κ1) is 18.5. The van der Waals surface area contributed by atoms with E-state index in [4.69, 9.17) is 4.52 Å². The molecule has 1 unspecified atom stereocenters. The van der Waals surface area contributed by atoms with E-state index in [0.29, 0.717) is 30.3 Å². The summed E-state index contributed by atoms with van der Waals surface area (Å²) in [5.74, 6) is 0.955. The number of aryl methyl sites for hydroxylation is 3. The summed E-state index contributed by atoms with van der Waals surface area (Å²) in [5.41, 5.74) is 0.728. The van der Waals surface area contributed by atoms with Crippen LogP contribution in [0.5, 0.6) is 0 Å². The highest BCUT2D eigenvalue weighted by molar-refractivity contribution is 5.93. The first-order chi connectivity index (χ1) is 12.3. The van der Waals surface area contributed by atoms with Crippen LogP contribution in [0.25, 0.3) is 0 Å². The first-order valence-electron chi connectivity index (χ1n) is 8.63. The molecule has 26 heavy (non-hydrogen) atoms. The van der Waals surface area contributed by atoms with E-state index >= 15 is 0 Å². The SMILES string of the molecule is Cc1cc(C(F)(F)F)nn1CCCNC(=O)c1noc2c1CC(C)CC2. The van der Waals surface area contributed by atoms with Gasteiger partial charge in [0.15, 0.2) is 11.4 Å². The maximum absolute atomic E-state index is 12.6. The Morgan fingerprint density at radius 2 is 2.23 bits per heavy atom. The van der Waals surface area contributed by atoms with Crippen LogP contribution in [0.1, 0.15) is 53.0 Å². The van der Waals surface area contributed by atoms with Crippen molar-refractivity contribution in [2.45, 2.75) is 52.3 Å². The lowest BCUT2D eigenvalue weighted by Crippen LogP contribution is -2.27. The van der Waals surface area contributed by atoms with Gasteiger partial charge in [-0.25, -0.2) is 0 Å². The average Bonchev–Trinajstić information content (AvgIpc) is 3.14. The number of amides is 1. The van der Waals surface area contributed by atoms with Crippen LogP contribution in [-0.2, 0) is 25.6 Å². The molecule has 6 nitrogen and oxygen atoms in total. The second kappa shape index (κ2) is 7.13. The first-order valence-corrected chi connectivity index (χ1v) is 8.63. The van der Waals surface area contributed by atoms with Crippen molar-refractivity contribution in [3.63, 3.8) is 0 Å². The van der Waals surface area contributed by atoms with E-state index in [1.807, 2.05) is 0 Å². The highest BCUT2D eigenvalue weighted by Crippen LogP contribution is 2.29. The molecule has 0 saturated heterocycles. The number of fused-ring (bicyclic) bond motifs is 1. The van der Waals surface area contributed by atoms with Gasteiger partial charge in [-0.15, -0.1) is 0 Å². The van der Waals surface area contributed by atoms with Crippen molar-refractivity contribution >= 4 is 5.91 Å². The monoisotopic (exact) mass is 370 g/mol. The predicted molar refractivity (Wildman–Crippen MR) is 86.6 cm³/mol. The highest BCUT2D eigenvalue weighted by Gasteiger charge is 2.34. The van der Waals surface area contributed by atoms with E-state index in [9.17, 15) is 18.0 Å². The summed E-state index contributed by atoms with van der Waals surface area (Å²) in [7, 11) is 0. The molecule has 1 amide bonds. The number of rotatable bonds is 5. The zero-order valence-electron chi connectivity index (χ0n) is 14.7. The zero-order valence-corrected chi connectivity index (χ0v) is 14.7. The molecule has 1 aliphatic rings. The van der Waals surface area contributed by atoms with Gasteiger partial charge < -0.3 is 9.84 Å². The lowest BCUT2D eigenvalue weighted by molar-refractivity contribution is -0.141. The summed E-state index contributed by atoms with van der Waals surface area (Å²) in [6.45, 7) is 4.30. The molecule has 0 aromatic carbocycles. The number of nitrogens with one attached hydrogen (secondary N) is 1. The molecule has 1 N–H and O–H groups in total. The van der Waals surface area contributed by atoms with Gasteiger partial charge in [0.2, 0.25) is 0 Å².